The molecule has 1 unspecified atom stereocenters. The van der Waals surface area contributed by atoms with Gasteiger partial charge in [-0.1, -0.05) is 12.8 Å². The lowest BCUT2D eigenvalue weighted by Gasteiger charge is -2.24. The number of sulfone groups is 1. The van der Waals surface area contributed by atoms with E-state index in [1.54, 1.807) is 6.92 Å². The van der Waals surface area contributed by atoms with Crippen molar-refractivity contribution in [3.8, 4) is 0 Å². The molecule has 0 aromatic heterocycles. The number of carbonyl (C=O) groups excluding carboxylic acids is 1. The van der Waals surface area contributed by atoms with E-state index in [1.807, 2.05) is 0 Å². The molecule has 7 heteroatoms. The third-order valence-corrected chi connectivity index (χ3v) is 4.58. The van der Waals surface area contributed by atoms with Crippen LogP contribution < -0.4 is 5.32 Å². The average Bonchev–Trinajstić information content (AvgIpc) is 2.63. The Bertz CT molecular complexity index is 451. The van der Waals surface area contributed by atoms with Gasteiger partial charge < -0.3 is 10.4 Å². The van der Waals surface area contributed by atoms with Gasteiger partial charge in [0.05, 0.1) is 11.2 Å². The number of nitrogens with one attached hydrogen (secondary N) is 1. The first-order chi connectivity index (χ1) is 8.65. The van der Waals surface area contributed by atoms with Crippen molar-refractivity contribution in [1.82, 2.24) is 5.32 Å². The van der Waals surface area contributed by atoms with E-state index in [0.29, 0.717) is 12.8 Å². The van der Waals surface area contributed by atoms with E-state index in [4.69, 9.17) is 0 Å². The van der Waals surface area contributed by atoms with Crippen LogP contribution in [-0.2, 0) is 19.4 Å². The highest BCUT2D eigenvalue weighted by Gasteiger charge is 2.43. The lowest BCUT2D eigenvalue weighted by atomic mass is 9.82. The van der Waals surface area contributed by atoms with E-state index >= 15 is 0 Å². The smallest absolute Gasteiger partial charge is 0.310 e. The highest BCUT2D eigenvalue weighted by molar-refractivity contribution is 7.90. The van der Waals surface area contributed by atoms with E-state index < -0.39 is 27.3 Å². The van der Waals surface area contributed by atoms with Gasteiger partial charge in [0.1, 0.15) is 9.84 Å². The van der Waals surface area contributed by atoms with Crippen molar-refractivity contribution >= 4 is 21.7 Å². The minimum absolute atomic E-state index is 0.0730. The van der Waals surface area contributed by atoms with Gasteiger partial charge in [0.2, 0.25) is 5.91 Å². The van der Waals surface area contributed by atoms with Crippen LogP contribution in [0.5, 0.6) is 0 Å². The Kier molecular flexibility index (Phi) is 4.95. The fraction of sp³-hybridized carbons (Fsp3) is 0.833. The van der Waals surface area contributed by atoms with Crippen molar-refractivity contribution < 1.29 is 23.1 Å². The number of carboxylic acids is 1. The maximum atomic E-state index is 11.8. The molecule has 1 rings (SSSR count). The topological polar surface area (TPSA) is 101 Å². The highest BCUT2D eigenvalue weighted by atomic mass is 32.2. The van der Waals surface area contributed by atoms with Crippen molar-refractivity contribution in [1.29, 1.82) is 0 Å². The standard InChI is InChI=1S/C12H21NO5S/c1-9(8-19(2,17)18)13-10(14)7-12(11(15)16)5-3-4-6-12/h9H,3-8H2,1-2H3,(H,13,14)(H,15,16). The van der Waals surface area contributed by atoms with Gasteiger partial charge >= 0.3 is 5.97 Å². The first kappa shape index (κ1) is 15.9. The summed E-state index contributed by atoms with van der Waals surface area (Å²) >= 11 is 0. The van der Waals surface area contributed by atoms with Gasteiger partial charge in [-0.05, 0) is 19.8 Å². The van der Waals surface area contributed by atoms with Gasteiger partial charge in [0.15, 0.2) is 0 Å². The van der Waals surface area contributed by atoms with Gasteiger partial charge in [-0.15, -0.1) is 0 Å². The fourth-order valence-electron chi connectivity index (χ4n) is 2.65. The van der Waals surface area contributed by atoms with Crippen LogP contribution >= 0.6 is 0 Å². The summed E-state index contributed by atoms with van der Waals surface area (Å²) in [6.07, 6.45) is 3.69. The molecular weight excluding hydrogens is 270 g/mol. The summed E-state index contributed by atoms with van der Waals surface area (Å²) in [4.78, 5) is 23.1. The van der Waals surface area contributed by atoms with Crippen LogP contribution in [0.2, 0.25) is 0 Å². The number of carbonyl (C=O) groups is 2. The van der Waals surface area contributed by atoms with Crippen molar-refractivity contribution in [2.45, 2.75) is 45.1 Å². The normalized spacial score (nSPS) is 19.9. The Hall–Kier alpha value is -1.11. The van der Waals surface area contributed by atoms with E-state index in [2.05, 4.69) is 5.32 Å². The number of amides is 1. The number of hydrogen-bond acceptors (Lipinski definition) is 4. The molecule has 1 atom stereocenters. The summed E-state index contributed by atoms with van der Waals surface area (Å²) in [5.41, 5.74) is -0.963. The first-order valence-corrected chi connectivity index (χ1v) is 8.41. The summed E-state index contributed by atoms with van der Waals surface area (Å²) in [6, 6.07) is -0.505. The maximum absolute atomic E-state index is 11.8. The Morgan fingerprint density at radius 2 is 1.84 bits per heavy atom. The molecule has 1 fully saturated rings. The molecule has 0 saturated heterocycles. The van der Waals surface area contributed by atoms with Crippen LogP contribution in [0.25, 0.3) is 0 Å². The average molecular weight is 291 g/mol. The lowest BCUT2D eigenvalue weighted by Crippen LogP contribution is -2.41. The summed E-state index contributed by atoms with van der Waals surface area (Å²) in [5, 5.41) is 11.8. The number of rotatable bonds is 6. The van der Waals surface area contributed by atoms with Gasteiger partial charge in [-0.2, -0.15) is 0 Å². The molecule has 0 aromatic rings. The summed E-state index contributed by atoms with van der Waals surface area (Å²) in [6.45, 7) is 1.60. The van der Waals surface area contributed by atoms with Crippen LogP contribution in [0.1, 0.15) is 39.0 Å². The van der Waals surface area contributed by atoms with Gasteiger partial charge in [-0.25, -0.2) is 8.42 Å². The van der Waals surface area contributed by atoms with Crippen LogP contribution in [0.4, 0.5) is 0 Å². The molecule has 0 bridgehead atoms. The molecule has 1 amide bonds. The van der Waals surface area contributed by atoms with E-state index in [1.165, 1.54) is 0 Å². The zero-order valence-corrected chi connectivity index (χ0v) is 12.1. The zero-order chi connectivity index (χ0) is 14.7. The molecule has 0 spiro atoms. The molecule has 0 radical (unpaired) electrons. The van der Waals surface area contributed by atoms with E-state index in [0.717, 1.165) is 19.1 Å². The highest BCUT2D eigenvalue weighted by Crippen LogP contribution is 2.41. The van der Waals surface area contributed by atoms with Gasteiger partial charge in [-0.3, -0.25) is 9.59 Å². The van der Waals surface area contributed by atoms with E-state index in [9.17, 15) is 23.1 Å². The summed E-state index contributed by atoms with van der Waals surface area (Å²) in [7, 11) is -3.16. The Morgan fingerprint density at radius 3 is 2.26 bits per heavy atom. The number of hydrogen-bond donors (Lipinski definition) is 2. The van der Waals surface area contributed by atoms with Crippen LogP contribution in [-0.4, -0.2) is 43.5 Å². The molecule has 110 valence electrons. The minimum Gasteiger partial charge on any atom is -0.481 e. The molecule has 0 aromatic carbocycles. The predicted molar refractivity (Wildman–Crippen MR) is 70.5 cm³/mol. The van der Waals surface area contributed by atoms with Gasteiger partial charge in [0, 0.05) is 18.7 Å². The molecule has 2 N–H and O–H groups in total. The lowest BCUT2D eigenvalue weighted by molar-refractivity contribution is -0.151. The summed E-state index contributed by atoms with van der Waals surface area (Å²) < 4.78 is 22.2. The third kappa shape index (κ3) is 4.81. The van der Waals surface area contributed by atoms with Crippen molar-refractivity contribution in [3.63, 3.8) is 0 Å². The Balaban J connectivity index is 2.57. The Morgan fingerprint density at radius 1 is 1.32 bits per heavy atom. The molecule has 0 heterocycles. The quantitative estimate of drug-likeness (QED) is 0.745. The maximum Gasteiger partial charge on any atom is 0.310 e. The molecule has 1 aliphatic rings. The number of carboxylic acid groups (broad SMARTS) is 1. The second kappa shape index (κ2) is 5.90. The van der Waals surface area contributed by atoms with Crippen LogP contribution in [0.15, 0.2) is 0 Å². The molecule has 6 nitrogen and oxygen atoms in total. The molecule has 19 heavy (non-hydrogen) atoms. The monoisotopic (exact) mass is 291 g/mol. The SMILES string of the molecule is CC(CS(C)(=O)=O)NC(=O)CC1(C(=O)O)CCCC1. The second-order valence-electron chi connectivity index (χ2n) is 5.53. The largest absolute Gasteiger partial charge is 0.481 e. The Labute approximate surface area is 113 Å². The molecule has 0 aliphatic heterocycles. The third-order valence-electron chi connectivity index (χ3n) is 3.47. The van der Waals surface area contributed by atoms with Crippen molar-refractivity contribution in [2.24, 2.45) is 5.41 Å². The van der Waals surface area contributed by atoms with Crippen molar-refractivity contribution in [2.75, 3.05) is 12.0 Å². The predicted octanol–water partition coefficient (Wildman–Crippen LogP) is 0.571. The van der Waals surface area contributed by atoms with E-state index in [-0.39, 0.29) is 18.1 Å². The second-order valence-corrected chi connectivity index (χ2v) is 7.72. The first-order valence-electron chi connectivity index (χ1n) is 6.35. The fourth-order valence-corrected chi connectivity index (χ4v) is 3.64. The number of aliphatic carboxylic acids is 1. The minimum atomic E-state index is -3.16. The van der Waals surface area contributed by atoms with Crippen LogP contribution in [0, 0.1) is 5.41 Å². The van der Waals surface area contributed by atoms with Crippen LogP contribution in [0.3, 0.4) is 0 Å². The summed E-state index contributed by atoms with van der Waals surface area (Å²) in [5.74, 6) is -1.46. The molecule has 1 saturated carbocycles. The van der Waals surface area contributed by atoms with Gasteiger partial charge in [0.25, 0.3) is 0 Å². The molecule has 1 aliphatic carbocycles. The molecular formula is C12H21NO5S. The zero-order valence-electron chi connectivity index (χ0n) is 11.3. The van der Waals surface area contributed by atoms with Crippen molar-refractivity contribution in [3.05, 3.63) is 0 Å².